The predicted molar refractivity (Wildman–Crippen MR) is 110 cm³/mol. The van der Waals surface area contributed by atoms with Crippen LogP contribution in [0.15, 0.2) is 28.8 Å². The largest absolute Gasteiger partial charge is 0.494 e. The third kappa shape index (κ3) is 5.69. The first-order chi connectivity index (χ1) is 14.1. The van der Waals surface area contributed by atoms with Crippen molar-refractivity contribution in [3.63, 3.8) is 0 Å². The molecule has 1 aliphatic rings. The maximum atomic E-state index is 12.8. The summed E-state index contributed by atoms with van der Waals surface area (Å²) < 4.78 is 10.8. The summed E-state index contributed by atoms with van der Waals surface area (Å²) >= 11 is 0. The average molecular weight is 403 g/mol. The van der Waals surface area contributed by atoms with Crippen LogP contribution in [0.1, 0.15) is 23.0 Å². The molecule has 3 N–H and O–H groups in total. The second kappa shape index (κ2) is 10.2. The molecule has 2 aromatic rings. The van der Waals surface area contributed by atoms with Crippen molar-refractivity contribution < 1.29 is 19.2 Å². The lowest BCUT2D eigenvalue weighted by Gasteiger charge is -2.34. The van der Waals surface area contributed by atoms with E-state index in [9.17, 15) is 4.79 Å². The number of carbonyl (C=O) groups is 1. The highest BCUT2D eigenvalue weighted by Crippen LogP contribution is 2.22. The molecule has 0 saturated carbocycles. The number of piperazine rings is 1. The lowest BCUT2D eigenvalue weighted by molar-refractivity contribution is 0.102. The number of benzene rings is 1. The summed E-state index contributed by atoms with van der Waals surface area (Å²) in [5.41, 5.74) is 1.60. The molecule has 9 nitrogen and oxygen atoms in total. The van der Waals surface area contributed by atoms with Crippen molar-refractivity contribution >= 4 is 17.5 Å². The number of aryl methyl sites for hydroxylation is 1. The van der Waals surface area contributed by atoms with E-state index in [0.717, 1.165) is 31.9 Å². The zero-order chi connectivity index (χ0) is 20.6. The summed E-state index contributed by atoms with van der Waals surface area (Å²) in [6.45, 7) is 9.29. The van der Waals surface area contributed by atoms with Gasteiger partial charge in [0.05, 0.1) is 25.6 Å². The number of hydrogen-bond donors (Lipinski definition) is 3. The Morgan fingerprint density at radius 2 is 1.90 bits per heavy atom. The van der Waals surface area contributed by atoms with Crippen LogP contribution in [0.25, 0.3) is 0 Å². The third-order valence-electron chi connectivity index (χ3n) is 4.86. The minimum atomic E-state index is -0.275. The van der Waals surface area contributed by atoms with Gasteiger partial charge < -0.3 is 25.0 Å². The van der Waals surface area contributed by atoms with Gasteiger partial charge >= 0.3 is 0 Å². The first-order valence-corrected chi connectivity index (χ1v) is 9.90. The molecule has 1 aliphatic heterocycles. The van der Waals surface area contributed by atoms with E-state index in [1.54, 1.807) is 19.1 Å². The Labute approximate surface area is 170 Å². The van der Waals surface area contributed by atoms with Gasteiger partial charge in [-0.25, -0.2) is 0 Å². The highest BCUT2D eigenvalue weighted by Gasteiger charge is 2.22. The Bertz CT molecular complexity index is 785. The van der Waals surface area contributed by atoms with Gasteiger partial charge in [0.1, 0.15) is 11.3 Å². The number of amides is 1. The summed E-state index contributed by atoms with van der Waals surface area (Å²) in [7, 11) is 0. The quantitative estimate of drug-likeness (QED) is 0.580. The van der Waals surface area contributed by atoms with Gasteiger partial charge in [-0.05, 0) is 38.1 Å². The predicted octanol–water partition coefficient (Wildman–Crippen LogP) is 1.61. The first kappa shape index (κ1) is 21.1. The molecular weight excluding hydrogens is 374 g/mol. The van der Waals surface area contributed by atoms with Crippen molar-refractivity contribution in [2.75, 3.05) is 63.2 Å². The molecule has 1 fully saturated rings. The van der Waals surface area contributed by atoms with E-state index in [4.69, 9.17) is 14.4 Å². The SMILES string of the molecule is CCOc1ccc(NC(=O)c2c(C)noc2NCN2CCN(CCO)CC2)cc1. The molecular formula is C20H29N5O4. The minimum Gasteiger partial charge on any atom is -0.494 e. The van der Waals surface area contributed by atoms with Crippen LogP contribution in [0.2, 0.25) is 0 Å². The number of anilines is 2. The normalized spacial score (nSPS) is 15.3. The number of nitrogens with one attached hydrogen (secondary N) is 2. The van der Waals surface area contributed by atoms with Gasteiger partial charge in [-0.3, -0.25) is 14.6 Å². The van der Waals surface area contributed by atoms with Gasteiger partial charge in [0.2, 0.25) is 5.88 Å². The van der Waals surface area contributed by atoms with E-state index in [0.29, 0.717) is 42.6 Å². The zero-order valence-electron chi connectivity index (χ0n) is 17.0. The van der Waals surface area contributed by atoms with E-state index < -0.39 is 0 Å². The second-order valence-electron chi connectivity index (χ2n) is 6.90. The molecule has 0 bridgehead atoms. The molecule has 3 rings (SSSR count). The van der Waals surface area contributed by atoms with Crippen LogP contribution in [-0.4, -0.2) is 78.6 Å². The first-order valence-electron chi connectivity index (χ1n) is 9.90. The number of β-amino-alcohol motifs (C(OH)–C–C–N with tert-alkyl or cyclic N) is 1. The molecule has 0 spiro atoms. The van der Waals surface area contributed by atoms with Crippen LogP contribution >= 0.6 is 0 Å². The van der Waals surface area contributed by atoms with E-state index >= 15 is 0 Å². The second-order valence-corrected chi connectivity index (χ2v) is 6.90. The van der Waals surface area contributed by atoms with Crippen molar-refractivity contribution in [2.45, 2.75) is 13.8 Å². The molecule has 1 saturated heterocycles. The molecule has 1 aromatic carbocycles. The molecule has 1 amide bonds. The monoisotopic (exact) mass is 403 g/mol. The van der Waals surface area contributed by atoms with Crippen molar-refractivity contribution in [3.05, 3.63) is 35.5 Å². The van der Waals surface area contributed by atoms with Crippen LogP contribution in [0.3, 0.4) is 0 Å². The molecule has 1 aromatic heterocycles. The number of aliphatic hydroxyl groups is 1. The van der Waals surface area contributed by atoms with Crippen LogP contribution in [0, 0.1) is 6.92 Å². The molecule has 2 heterocycles. The number of rotatable bonds is 9. The van der Waals surface area contributed by atoms with Crippen molar-refractivity contribution in [2.24, 2.45) is 0 Å². The maximum Gasteiger partial charge on any atom is 0.263 e. The summed E-state index contributed by atoms with van der Waals surface area (Å²) in [4.78, 5) is 17.2. The standard InChI is InChI=1S/C20H29N5O4/c1-3-28-17-6-4-16(5-7-17)22-19(27)18-15(2)23-29-20(18)21-14-25-10-8-24(9-11-25)12-13-26/h4-7,21,26H,3,8-14H2,1-2H3,(H,22,27). The van der Waals surface area contributed by atoms with E-state index in [1.807, 2.05) is 19.1 Å². The van der Waals surface area contributed by atoms with Crippen LogP contribution in [-0.2, 0) is 0 Å². The van der Waals surface area contributed by atoms with Gasteiger partial charge in [0, 0.05) is 38.4 Å². The molecule has 0 unspecified atom stereocenters. The Balaban J connectivity index is 1.56. The Morgan fingerprint density at radius 3 is 2.55 bits per heavy atom. The van der Waals surface area contributed by atoms with Gasteiger partial charge in [-0.15, -0.1) is 0 Å². The Morgan fingerprint density at radius 1 is 1.21 bits per heavy atom. The number of aliphatic hydroxyl groups excluding tert-OH is 1. The highest BCUT2D eigenvalue weighted by atomic mass is 16.5. The van der Waals surface area contributed by atoms with Crippen LogP contribution in [0.5, 0.6) is 5.75 Å². The van der Waals surface area contributed by atoms with Gasteiger partial charge in [0.25, 0.3) is 5.91 Å². The summed E-state index contributed by atoms with van der Waals surface area (Å²) in [5, 5.41) is 19.0. The fraction of sp³-hybridized carbons (Fsp3) is 0.500. The number of hydrogen-bond acceptors (Lipinski definition) is 8. The highest BCUT2D eigenvalue weighted by molar-refractivity contribution is 6.08. The Hall–Kier alpha value is -2.62. The number of aromatic nitrogens is 1. The summed E-state index contributed by atoms with van der Waals surface area (Å²) in [6.07, 6.45) is 0. The van der Waals surface area contributed by atoms with Gasteiger partial charge in [0.15, 0.2) is 0 Å². The fourth-order valence-electron chi connectivity index (χ4n) is 3.25. The lowest BCUT2D eigenvalue weighted by Crippen LogP contribution is -2.48. The molecule has 0 atom stereocenters. The van der Waals surface area contributed by atoms with Crippen molar-refractivity contribution in [1.82, 2.24) is 15.0 Å². The van der Waals surface area contributed by atoms with Crippen molar-refractivity contribution in [1.29, 1.82) is 0 Å². The van der Waals surface area contributed by atoms with Gasteiger partial charge in [-0.1, -0.05) is 5.16 Å². The van der Waals surface area contributed by atoms with Crippen molar-refractivity contribution in [3.8, 4) is 5.75 Å². The lowest BCUT2D eigenvalue weighted by atomic mass is 10.2. The molecule has 9 heteroatoms. The summed E-state index contributed by atoms with van der Waals surface area (Å²) in [6, 6.07) is 7.22. The van der Waals surface area contributed by atoms with Gasteiger partial charge in [-0.2, -0.15) is 0 Å². The third-order valence-corrected chi connectivity index (χ3v) is 4.86. The minimum absolute atomic E-state index is 0.183. The maximum absolute atomic E-state index is 12.8. The average Bonchev–Trinajstić information content (AvgIpc) is 3.10. The zero-order valence-corrected chi connectivity index (χ0v) is 17.0. The topological polar surface area (TPSA) is 103 Å². The smallest absolute Gasteiger partial charge is 0.263 e. The van der Waals surface area contributed by atoms with E-state index in [1.165, 1.54) is 0 Å². The van der Waals surface area contributed by atoms with E-state index in [2.05, 4.69) is 25.6 Å². The Kier molecular flexibility index (Phi) is 7.45. The number of carbonyl (C=O) groups excluding carboxylic acids is 1. The number of nitrogens with zero attached hydrogens (tertiary/aromatic N) is 3. The summed E-state index contributed by atoms with van der Waals surface area (Å²) in [5.74, 6) is 0.847. The van der Waals surface area contributed by atoms with Crippen LogP contribution < -0.4 is 15.4 Å². The fourth-order valence-corrected chi connectivity index (χ4v) is 3.25. The van der Waals surface area contributed by atoms with E-state index in [-0.39, 0.29) is 12.5 Å². The van der Waals surface area contributed by atoms with Crippen LogP contribution in [0.4, 0.5) is 11.6 Å². The molecule has 0 aliphatic carbocycles. The molecule has 29 heavy (non-hydrogen) atoms. The number of ether oxygens (including phenoxy) is 1. The molecule has 158 valence electrons. The molecule has 0 radical (unpaired) electrons.